The van der Waals surface area contributed by atoms with Crippen LogP contribution in [0.4, 0.5) is 5.69 Å². The molecule has 1 aromatic rings. The minimum absolute atomic E-state index is 0.198. The molecule has 2 aliphatic heterocycles. The van der Waals surface area contributed by atoms with Crippen LogP contribution in [0.2, 0.25) is 0 Å². The molecule has 0 atom stereocenters. The fraction of sp³-hybridized carbons (Fsp3) is 0.562. The third-order valence-corrected chi connectivity index (χ3v) is 4.55. The zero-order valence-electron chi connectivity index (χ0n) is 11.7. The lowest BCUT2D eigenvalue weighted by molar-refractivity contribution is -0.136. The summed E-state index contributed by atoms with van der Waals surface area (Å²) in [6.45, 7) is 3.93. The van der Waals surface area contributed by atoms with Crippen molar-refractivity contribution in [2.75, 3.05) is 31.2 Å². The van der Waals surface area contributed by atoms with Crippen molar-refractivity contribution in [3.63, 3.8) is 0 Å². The molecule has 0 aromatic heterocycles. The van der Waals surface area contributed by atoms with Gasteiger partial charge in [-0.25, -0.2) is 0 Å². The van der Waals surface area contributed by atoms with Crippen LogP contribution in [-0.2, 0) is 16.0 Å². The zero-order valence-corrected chi connectivity index (χ0v) is 11.7. The molecule has 0 bridgehead atoms. The maximum atomic E-state index is 10.8. The van der Waals surface area contributed by atoms with Gasteiger partial charge in [-0.15, -0.1) is 0 Å². The molecule has 20 heavy (non-hydrogen) atoms. The molecule has 108 valence electrons. The monoisotopic (exact) mass is 275 g/mol. The molecular formula is C16H21NO3. The van der Waals surface area contributed by atoms with E-state index in [0.29, 0.717) is 11.8 Å². The molecule has 1 spiro atoms. The summed E-state index contributed by atoms with van der Waals surface area (Å²) >= 11 is 0. The number of aliphatic carboxylic acids is 1. The Balaban J connectivity index is 1.67. The Hall–Kier alpha value is -1.55. The molecule has 1 N–H and O–H groups in total. The summed E-state index contributed by atoms with van der Waals surface area (Å²) in [6, 6.07) is 8.19. The van der Waals surface area contributed by atoms with Crippen LogP contribution < -0.4 is 4.90 Å². The summed E-state index contributed by atoms with van der Waals surface area (Å²) < 4.78 is 5.45. The minimum Gasteiger partial charge on any atom is -0.481 e. The first-order valence-electron chi connectivity index (χ1n) is 7.31. The number of benzene rings is 1. The molecule has 0 amide bonds. The predicted molar refractivity (Wildman–Crippen MR) is 77.1 cm³/mol. The van der Waals surface area contributed by atoms with E-state index < -0.39 is 5.97 Å². The molecule has 2 fully saturated rings. The Bertz CT molecular complexity index is 486. The number of rotatable bonds is 4. The number of para-hydroxylation sites is 1. The zero-order chi connectivity index (χ0) is 14.0. The molecule has 4 heteroatoms. The summed E-state index contributed by atoms with van der Waals surface area (Å²) in [4.78, 5) is 13.1. The molecule has 4 nitrogen and oxygen atoms in total. The number of anilines is 1. The van der Waals surface area contributed by atoms with Gasteiger partial charge in [0.15, 0.2) is 0 Å². The third kappa shape index (κ3) is 2.66. The lowest BCUT2D eigenvalue weighted by Gasteiger charge is -2.53. The van der Waals surface area contributed by atoms with E-state index in [-0.39, 0.29) is 6.42 Å². The van der Waals surface area contributed by atoms with Gasteiger partial charge in [-0.1, -0.05) is 18.2 Å². The van der Waals surface area contributed by atoms with E-state index in [4.69, 9.17) is 9.84 Å². The normalized spacial score (nSPS) is 20.7. The molecule has 0 aliphatic carbocycles. The quantitative estimate of drug-likeness (QED) is 0.916. The van der Waals surface area contributed by atoms with Crippen LogP contribution in [0.3, 0.4) is 0 Å². The van der Waals surface area contributed by atoms with Crippen LogP contribution in [0.25, 0.3) is 0 Å². The van der Waals surface area contributed by atoms with Crippen LogP contribution in [0.15, 0.2) is 24.3 Å². The van der Waals surface area contributed by atoms with Crippen molar-refractivity contribution >= 4 is 11.7 Å². The molecule has 0 unspecified atom stereocenters. The Labute approximate surface area is 119 Å². The largest absolute Gasteiger partial charge is 0.481 e. The Morgan fingerprint density at radius 1 is 1.25 bits per heavy atom. The highest BCUT2D eigenvalue weighted by molar-refractivity contribution is 5.68. The van der Waals surface area contributed by atoms with E-state index >= 15 is 0 Å². The first kappa shape index (κ1) is 13.4. The van der Waals surface area contributed by atoms with Gasteiger partial charge >= 0.3 is 5.97 Å². The second-order valence-electron chi connectivity index (χ2n) is 5.99. The van der Waals surface area contributed by atoms with Crippen LogP contribution in [0.5, 0.6) is 0 Å². The molecule has 0 radical (unpaired) electrons. The number of carboxylic acids is 1. The molecule has 2 saturated heterocycles. The van der Waals surface area contributed by atoms with E-state index in [1.54, 1.807) is 0 Å². The van der Waals surface area contributed by atoms with Crippen molar-refractivity contribution in [3.8, 4) is 0 Å². The maximum absolute atomic E-state index is 10.8. The fourth-order valence-corrected chi connectivity index (χ4v) is 3.33. The van der Waals surface area contributed by atoms with Crippen molar-refractivity contribution in [3.05, 3.63) is 29.8 Å². The van der Waals surface area contributed by atoms with Gasteiger partial charge in [0.1, 0.15) is 0 Å². The minimum atomic E-state index is -0.732. The molecule has 1 aromatic carbocycles. The SMILES string of the molecule is O=C(O)CCc1ccccc1N1CC2(CCOCC2)C1. The second-order valence-corrected chi connectivity index (χ2v) is 5.99. The van der Waals surface area contributed by atoms with E-state index in [2.05, 4.69) is 11.0 Å². The van der Waals surface area contributed by atoms with Gasteiger partial charge < -0.3 is 14.7 Å². The number of hydrogen-bond acceptors (Lipinski definition) is 3. The van der Waals surface area contributed by atoms with E-state index in [1.165, 1.54) is 5.69 Å². The smallest absolute Gasteiger partial charge is 0.303 e. The molecule has 2 aliphatic rings. The van der Waals surface area contributed by atoms with Gasteiger partial charge in [0.2, 0.25) is 0 Å². The van der Waals surface area contributed by atoms with Crippen molar-refractivity contribution < 1.29 is 14.6 Å². The Morgan fingerprint density at radius 3 is 2.65 bits per heavy atom. The number of carboxylic acid groups (broad SMARTS) is 1. The van der Waals surface area contributed by atoms with Gasteiger partial charge in [0.25, 0.3) is 0 Å². The van der Waals surface area contributed by atoms with Crippen molar-refractivity contribution in [2.45, 2.75) is 25.7 Å². The topological polar surface area (TPSA) is 49.8 Å². The van der Waals surface area contributed by atoms with Crippen LogP contribution in [-0.4, -0.2) is 37.4 Å². The summed E-state index contributed by atoms with van der Waals surface area (Å²) in [7, 11) is 0. The summed E-state index contributed by atoms with van der Waals surface area (Å²) in [5.41, 5.74) is 2.81. The standard InChI is InChI=1S/C16H21NO3/c18-15(19)6-5-13-3-1-2-4-14(13)17-11-16(12-17)7-9-20-10-8-16/h1-4H,5-12H2,(H,18,19). The first-order valence-corrected chi connectivity index (χ1v) is 7.31. The third-order valence-electron chi connectivity index (χ3n) is 4.55. The summed E-state index contributed by atoms with van der Waals surface area (Å²) in [5, 5.41) is 8.85. The molecule has 2 heterocycles. The first-order chi connectivity index (χ1) is 9.69. The van der Waals surface area contributed by atoms with Gasteiger partial charge in [-0.05, 0) is 30.9 Å². The molecular weight excluding hydrogens is 254 g/mol. The van der Waals surface area contributed by atoms with Crippen molar-refractivity contribution in [1.82, 2.24) is 0 Å². The van der Waals surface area contributed by atoms with Crippen molar-refractivity contribution in [1.29, 1.82) is 0 Å². The van der Waals surface area contributed by atoms with Crippen LogP contribution in [0, 0.1) is 5.41 Å². The van der Waals surface area contributed by atoms with Crippen LogP contribution >= 0.6 is 0 Å². The lowest BCUT2D eigenvalue weighted by atomic mass is 9.73. The summed E-state index contributed by atoms with van der Waals surface area (Å²) in [6.07, 6.45) is 3.11. The van der Waals surface area contributed by atoms with E-state index in [9.17, 15) is 4.79 Å². The highest BCUT2D eigenvalue weighted by Crippen LogP contribution is 2.42. The highest BCUT2D eigenvalue weighted by Gasteiger charge is 2.44. The van der Waals surface area contributed by atoms with Crippen molar-refractivity contribution in [2.24, 2.45) is 5.41 Å². The maximum Gasteiger partial charge on any atom is 0.303 e. The second kappa shape index (κ2) is 5.44. The predicted octanol–water partition coefficient (Wildman–Crippen LogP) is 2.32. The molecule has 3 rings (SSSR count). The van der Waals surface area contributed by atoms with Gasteiger partial charge in [-0.3, -0.25) is 4.79 Å². The van der Waals surface area contributed by atoms with Gasteiger partial charge in [-0.2, -0.15) is 0 Å². The number of hydrogen-bond donors (Lipinski definition) is 1. The highest BCUT2D eigenvalue weighted by atomic mass is 16.5. The average molecular weight is 275 g/mol. The Morgan fingerprint density at radius 2 is 1.95 bits per heavy atom. The number of carbonyl (C=O) groups is 1. The van der Waals surface area contributed by atoms with Gasteiger partial charge in [0, 0.05) is 43.8 Å². The number of ether oxygens (including phenoxy) is 1. The fourth-order valence-electron chi connectivity index (χ4n) is 3.33. The lowest BCUT2D eigenvalue weighted by Crippen LogP contribution is -2.58. The van der Waals surface area contributed by atoms with E-state index in [0.717, 1.165) is 44.7 Å². The summed E-state index contributed by atoms with van der Waals surface area (Å²) in [5.74, 6) is -0.732. The van der Waals surface area contributed by atoms with Crippen LogP contribution in [0.1, 0.15) is 24.8 Å². The number of aryl methyl sites for hydroxylation is 1. The number of nitrogens with zero attached hydrogens (tertiary/aromatic N) is 1. The molecule has 0 saturated carbocycles. The average Bonchev–Trinajstić information content (AvgIpc) is 2.44. The van der Waals surface area contributed by atoms with E-state index in [1.807, 2.05) is 18.2 Å². The van der Waals surface area contributed by atoms with Gasteiger partial charge in [0.05, 0.1) is 0 Å². The Kier molecular flexibility index (Phi) is 3.66.